The maximum atomic E-state index is 4.98. The smallest absolute Gasteiger partial charge is 0.151 e. The summed E-state index contributed by atoms with van der Waals surface area (Å²) in [5.41, 5.74) is 1.53. The Kier molecular flexibility index (Phi) is 2.90. The van der Waals surface area contributed by atoms with Crippen LogP contribution in [0, 0.1) is 11.8 Å². The van der Waals surface area contributed by atoms with Crippen LogP contribution in [0.5, 0.6) is 0 Å². The minimum absolute atomic E-state index is 0.581. The maximum Gasteiger partial charge on any atom is 0.151 e. The second-order valence-corrected chi connectivity index (χ2v) is 5.67. The van der Waals surface area contributed by atoms with Gasteiger partial charge in [-0.05, 0) is 37.6 Å². The van der Waals surface area contributed by atoms with Crippen molar-refractivity contribution in [2.24, 2.45) is 0 Å². The minimum atomic E-state index is 0.581. The van der Waals surface area contributed by atoms with E-state index in [0.29, 0.717) is 17.8 Å². The molecule has 0 spiro atoms. The minimum Gasteiger partial charge on any atom is -0.471 e. The Balaban J connectivity index is 1.50. The third kappa shape index (κ3) is 2.28. The van der Waals surface area contributed by atoms with Crippen molar-refractivity contribution in [3.05, 3.63) is 42.0 Å². The third-order valence-electron chi connectivity index (χ3n) is 4.32. The summed E-state index contributed by atoms with van der Waals surface area (Å²) in [5, 5.41) is 8.55. The van der Waals surface area contributed by atoms with Gasteiger partial charge in [0, 0.05) is 25.2 Å². The number of likely N-dealkylation sites (tertiary alicyclic amines) is 1. The van der Waals surface area contributed by atoms with Crippen LogP contribution < -0.4 is 4.90 Å². The van der Waals surface area contributed by atoms with E-state index in [1.807, 2.05) is 18.2 Å². The highest BCUT2D eigenvalue weighted by Crippen LogP contribution is 2.32. The second kappa shape index (κ2) is 4.90. The van der Waals surface area contributed by atoms with Crippen LogP contribution in [-0.2, 0) is 0 Å². The molecule has 21 heavy (non-hydrogen) atoms. The van der Waals surface area contributed by atoms with Crippen LogP contribution in [-0.4, -0.2) is 47.3 Å². The first-order valence-electron chi connectivity index (χ1n) is 7.14. The molecule has 2 saturated heterocycles. The van der Waals surface area contributed by atoms with Gasteiger partial charge in [-0.25, -0.2) is 0 Å². The maximum absolute atomic E-state index is 4.98. The molecule has 0 radical (unpaired) electrons. The molecule has 0 aliphatic carbocycles. The van der Waals surface area contributed by atoms with Crippen LogP contribution in [0.4, 0.5) is 5.82 Å². The van der Waals surface area contributed by atoms with Gasteiger partial charge in [-0.1, -0.05) is 5.92 Å². The quantitative estimate of drug-likeness (QED) is 0.738. The molecule has 0 N–H and O–H groups in total. The van der Waals surface area contributed by atoms with E-state index in [4.69, 9.17) is 4.42 Å². The zero-order valence-electron chi connectivity index (χ0n) is 11.9. The molecule has 2 aromatic rings. The molecule has 2 aliphatic heterocycles. The van der Waals surface area contributed by atoms with E-state index >= 15 is 0 Å². The average molecular weight is 280 g/mol. The number of rotatable bonds is 1. The van der Waals surface area contributed by atoms with Crippen molar-refractivity contribution in [1.82, 2.24) is 15.1 Å². The molecule has 4 rings (SSSR count). The Morgan fingerprint density at radius 1 is 1.14 bits per heavy atom. The predicted molar refractivity (Wildman–Crippen MR) is 78.9 cm³/mol. The number of fused-ring (bicyclic) bond motifs is 2. The predicted octanol–water partition coefficient (Wildman–Crippen LogP) is 1.36. The van der Waals surface area contributed by atoms with Gasteiger partial charge >= 0.3 is 0 Å². The molecule has 5 nitrogen and oxygen atoms in total. The zero-order valence-corrected chi connectivity index (χ0v) is 11.9. The van der Waals surface area contributed by atoms with E-state index < -0.39 is 0 Å². The summed E-state index contributed by atoms with van der Waals surface area (Å²) in [6, 6.07) is 7.03. The van der Waals surface area contributed by atoms with Crippen LogP contribution in [0.1, 0.15) is 17.7 Å². The molecular weight excluding hydrogens is 264 g/mol. The topological polar surface area (TPSA) is 45.4 Å². The van der Waals surface area contributed by atoms with Crippen molar-refractivity contribution in [1.29, 1.82) is 0 Å². The zero-order chi connectivity index (χ0) is 14.2. The third-order valence-corrected chi connectivity index (χ3v) is 4.32. The molecule has 0 aromatic carbocycles. The van der Waals surface area contributed by atoms with Crippen LogP contribution in [0.25, 0.3) is 0 Å². The summed E-state index contributed by atoms with van der Waals surface area (Å²) in [7, 11) is 2.20. The number of nitrogens with zero attached hydrogens (tertiary/aromatic N) is 4. The monoisotopic (exact) mass is 280 g/mol. The number of hydrogen-bond donors (Lipinski definition) is 0. The lowest BCUT2D eigenvalue weighted by atomic mass is 10.2. The van der Waals surface area contributed by atoms with Crippen molar-refractivity contribution in [2.75, 3.05) is 25.0 Å². The molecule has 2 aliphatic rings. The highest BCUT2D eigenvalue weighted by atomic mass is 16.3. The summed E-state index contributed by atoms with van der Waals surface area (Å²) in [5.74, 6) is 6.95. The number of hydrogen-bond acceptors (Lipinski definition) is 5. The molecule has 2 atom stereocenters. The van der Waals surface area contributed by atoms with Crippen molar-refractivity contribution in [2.45, 2.75) is 18.5 Å². The Morgan fingerprint density at radius 2 is 2.10 bits per heavy atom. The number of anilines is 1. The standard InChI is InChI=1S/C16H16N4O/c1-19-9-15-8-14(19)10-20(15)16-5-4-13(17-18-16)3-2-12-6-7-21-11-12/h4-7,11,14-15H,8-10H2,1H3/t14-,15+/m0/s1. The molecule has 0 unspecified atom stereocenters. The largest absolute Gasteiger partial charge is 0.471 e. The van der Waals surface area contributed by atoms with Crippen LogP contribution in [0.2, 0.25) is 0 Å². The molecule has 2 fully saturated rings. The van der Waals surface area contributed by atoms with Crippen LogP contribution in [0.15, 0.2) is 35.1 Å². The van der Waals surface area contributed by atoms with Crippen molar-refractivity contribution < 1.29 is 4.42 Å². The van der Waals surface area contributed by atoms with Crippen molar-refractivity contribution in [3.8, 4) is 11.8 Å². The molecular formula is C16H16N4O. The number of aromatic nitrogens is 2. The first-order chi connectivity index (χ1) is 10.3. The van der Waals surface area contributed by atoms with Gasteiger partial charge in [-0.3, -0.25) is 4.90 Å². The SMILES string of the molecule is CN1C[C@H]2C[C@H]1CN2c1ccc(C#Cc2ccoc2)nn1. The van der Waals surface area contributed by atoms with Crippen LogP contribution >= 0.6 is 0 Å². The number of furan rings is 1. The van der Waals surface area contributed by atoms with Gasteiger partial charge < -0.3 is 9.32 Å². The number of piperazine rings is 1. The lowest BCUT2D eigenvalue weighted by molar-refractivity contribution is 0.292. The first-order valence-corrected chi connectivity index (χ1v) is 7.14. The molecule has 5 heteroatoms. The molecule has 0 saturated carbocycles. The van der Waals surface area contributed by atoms with Gasteiger partial charge in [0.25, 0.3) is 0 Å². The molecule has 0 amide bonds. The van der Waals surface area contributed by atoms with Gasteiger partial charge in [0.15, 0.2) is 5.82 Å². The fourth-order valence-corrected chi connectivity index (χ4v) is 3.16. The van der Waals surface area contributed by atoms with E-state index in [0.717, 1.165) is 24.5 Å². The molecule has 106 valence electrons. The van der Waals surface area contributed by atoms with Crippen molar-refractivity contribution in [3.63, 3.8) is 0 Å². The highest BCUT2D eigenvalue weighted by Gasteiger charge is 2.41. The summed E-state index contributed by atoms with van der Waals surface area (Å²) in [6.07, 6.45) is 4.46. The fraction of sp³-hybridized carbons (Fsp3) is 0.375. The highest BCUT2D eigenvalue weighted by molar-refractivity contribution is 5.45. The van der Waals surface area contributed by atoms with Gasteiger partial charge in [0.05, 0.1) is 11.8 Å². The summed E-state index contributed by atoms with van der Waals surface area (Å²) >= 11 is 0. The van der Waals surface area contributed by atoms with E-state index in [1.165, 1.54) is 6.42 Å². The van der Waals surface area contributed by atoms with E-state index in [2.05, 4.69) is 38.9 Å². The van der Waals surface area contributed by atoms with E-state index in [-0.39, 0.29) is 0 Å². The Bertz CT molecular complexity index is 681. The summed E-state index contributed by atoms with van der Waals surface area (Å²) in [4.78, 5) is 4.80. The number of likely N-dealkylation sites (N-methyl/N-ethyl adjacent to an activating group) is 1. The first kappa shape index (κ1) is 12.4. The molecule has 2 aromatic heterocycles. The second-order valence-electron chi connectivity index (χ2n) is 5.67. The Labute approximate surface area is 123 Å². The Hall–Kier alpha value is -2.32. The lowest BCUT2D eigenvalue weighted by Crippen LogP contribution is -2.44. The fourth-order valence-electron chi connectivity index (χ4n) is 3.16. The summed E-state index contributed by atoms with van der Waals surface area (Å²) < 4.78 is 4.98. The van der Waals surface area contributed by atoms with E-state index in [1.54, 1.807) is 12.5 Å². The van der Waals surface area contributed by atoms with Gasteiger partial charge in [0.1, 0.15) is 12.0 Å². The normalized spacial score (nSPS) is 24.1. The van der Waals surface area contributed by atoms with Crippen molar-refractivity contribution >= 4 is 5.82 Å². The summed E-state index contributed by atoms with van der Waals surface area (Å²) in [6.45, 7) is 2.17. The average Bonchev–Trinajstić information content (AvgIpc) is 3.22. The molecule has 2 bridgehead atoms. The van der Waals surface area contributed by atoms with Crippen LogP contribution in [0.3, 0.4) is 0 Å². The Morgan fingerprint density at radius 3 is 2.71 bits per heavy atom. The van der Waals surface area contributed by atoms with Gasteiger partial charge in [-0.15, -0.1) is 10.2 Å². The lowest BCUT2D eigenvalue weighted by Gasteiger charge is -2.32. The van der Waals surface area contributed by atoms with Gasteiger partial charge in [0.2, 0.25) is 0 Å². The molecule has 4 heterocycles. The van der Waals surface area contributed by atoms with Gasteiger partial charge in [-0.2, -0.15) is 0 Å². The van der Waals surface area contributed by atoms with E-state index in [9.17, 15) is 0 Å².